The number of anilines is 1. The summed E-state index contributed by atoms with van der Waals surface area (Å²) in [5.41, 5.74) is 0.669. The summed E-state index contributed by atoms with van der Waals surface area (Å²) in [6, 6.07) is 3.70. The zero-order chi connectivity index (χ0) is 9.97. The fourth-order valence-electron chi connectivity index (χ4n) is 1.87. The van der Waals surface area contributed by atoms with Gasteiger partial charge >= 0.3 is 0 Å². The number of benzene rings is 1. The van der Waals surface area contributed by atoms with Gasteiger partial charge in [0.1, 0.15) is 11.6 Å². The average molecular weight is 197 g/mol. The van der Waals surface area contributed by atoms with Crippen molar-refractivity contribution in [1.29, 1.82) is 0 Å². The van der Waals surface area contributed by atoms with E-state index >= 15 is 0 Å². The van der Waals surface area contributed by atoms with E-state index in [9.17, 15) is 8.78 Å². The van der Waals surface area contributed by atoms with Crippen molar-refractivity contribution in [2.75, 3.05) is 18.0 Å². The molecule has 0 aromatic heterocycles. The molecule has 3 heteroatoms. The third kappa shape index (κ3) is 2.03. The summed E-state index contributed by atoms with van der Waals surface area (Å²) < 4.78 is 25.8. The van der Waals surface area contributed by atoms with Gasteiger partial charge < -0.3 is 4.90 Å². The largest absolute Gasteiger partial charge is 0.371 e. The lowest BCUT2D eigenvalue weighted by Gasteiger charge is -2.28. The smallest absolute Gasteiger partial charge is 0.128 e. The van der Waals surface area contributed by atoms with Gasteiger partial charge in [0.2, 0.25) is 0 Å². The Kier molecular flexibility index (Phi) is 2.66. The van der Waals surface area contributed by atoms with Crippen molar-refractivity contribution in [2.24, 2.45) is 0 Å². The highest BCUT2D eigenvalue weighted by molar-refractivity contribution is 5.47. The minimum absolute atomic E-state index is 0.495. The Morgan fingerprint density at radius 1 is 0.857 bits per heavy atom. The van der Waals surface area contributed by atoms with Crippen LogP contribution in [0.25, 0.3) is 0 Å². The van der Waals surface area contributed by atoms with Crippen LogP contribution in [0.3, 0.4) is 0 Å². The molecule has 0 radical (unpaired) electrons. The molecule has 1 nitrogen and oxygen atoms in total. The lowest BCUT2D eigenvalue weighted by molar-refractivity contribution is 0.561. The third-order valence-electron chi connectivity index (χ3n) is 2.57. The minimum atomic E-state index is -0.495. The van der Waals surface area contributed by atoms with Gasteiger partial charge in [-0.1, -0.05) is 0 Å². The summed E-state index contributed by atoms with van der Waals surface area (Å²) in [4.78, 5) is 2.04. The maximum atomic E-state index is 12.9. The highest BCUT2D eigenvalue weighted by atomic mass is 19.1. The van der Waals surface area contributed by atoms with Gasteiger partial charge in [0.05, 0.1) is 0 Å². The Bertz CT molecular complexity index is 299. The molecule has 1 heterocycles. The van der Waals surface area contributed by atoms with Crippen molar-refractivity contribution in [3.05, 3.63) is 29.8 Å². The highest BCUT2D eigenvalue weighted by Crippen LogP contribution is 2.21. The van der Waals surface area contributed by atoms with Gasteiger partial charge in [-0.25, -0.2) is 8.78 Å². The Morgan fingerprint density at radius 2 is 1.43 bits per heavy atom. The normalized spacial score (nSPS) is 17.1. The van der Waals surface area contributed by atoms with Crippen LogP contribution in [-0.2, 0) is 0 Å². The fraction of sp³-hybridized carbons (Fsp3) is 0.455. The number of hydrogen-bond donors (Lipinski definition) is 0. The first-order valence-corrected chi connectivity index (χ1v) is 4.97. The standard InChI is InChI=1S/C11H13F2N/c12-9-6-10(13)8-11(7-9)14-4-2-1-3-5-14/h6-8H,1-5H2. The van der Waals surface area contributed by atoms with Gasteiger partial charge in [-0.3, -0.25) is 0 Å². The van der Waals surface area contributed by atoms with Gasteiger partial charge in [-0.15, -0.1) is 0 Å². The average Bonchev–Trinajstić information content (AvgIpc) is 2.18. The van der Waals surface area contributed by atoms with Gasteiger partial charge in [-0.05, 0) is 31.4 Å². The van der Waals surface area contributed by atoms with E-state index in [2.05, 4.69) is 0 Å². The maximum absolute atomic E-state index is 12.9. The molecule has 0 unspecified atom stereocenters. The molecule has 0 spiro atoms. The number of piperidine rings is 1. The molecular formula is C11H13F2N. The first-order valence-electron chi connectivity index (χ1n) is 4.97. The monoisotopic (exact) mass is 197 g/mol. The molecule has 0 aliphatic carbocycles. The van der Waals surface area contributed by atoms with E-state index in [-0.39, 0.29) is 0 Å². The quantitative estimate of drug-likeness (QED) is 0.669. The van der Waals surface area contributed by atoms with Crippen molar-refractivity contribution in [2.45, 2.75) is 19.3 Å². The summed E-state index contributed by atoms with van der Waals surface area (Å²) in [5, 5.41) is 0. The molecule has 0 amide bonds. The van der Waals surface area contributed by atoms with Crippen molar-refractivity contribution >= 4 is 5.69 Å². The van der Waals surface area contributed by atoms with Crippen LogP contribution in [0.2, 0.25) is 0 Å². The molecular weight excluding hydrogens is 184 g/mol. The molecule has 1 aromatic rings. The second-order valence-corrected chi connectivity index (χ2v) is 3.68. The van der Waals surface area contributed by atoms with Crippen LogP contribution < -0.4 is 4.90 Å². The van der Waals surface area contributed by atoms with Crippen LogP contribution in [0.5, 0.6) is 0 Å². The van der Waals surface area contributed by atoms with Crippen LogP contribution in [0.1, 0.15) is 19.3 Å². The predicted molar refractivity (Wildman–Crippen MR) is 52.4 cm³/mol. The molecule has 2 rings (SSSR count). The molecule has 76 valence electrons. The molecule has 14 heavy (non-hydrogen) atoms. The zero-order valence-electron chi connectivity index (χ0n) is 7.97. The van der Waals surface area contributed by atoms with Crippen LogP contribution >= 0.6 is 0 Å². The molecule has 0 saturated carbocycles. The van der Waals surface area contributed by atoms with Crippen molar-refractivity contribution in [1.82, 2.24) is 0 Å². The molecule has 1 aliphatic heterocycles. The van der Waals surface area contributed by atoms with Crippen LogP contribution in [0.15, 0.2) is 18.2 Å². The minimum Gasteiger partial charge on any atom is -0.371 e. The lowest BCUT2D eigenvalue weighted by atomic mass is 10.1. The lowest BCUT2D eigenvalue weighted by Crippen LogP contribution is -2.29. The first kappa shape index (κ1) is 9.44. The summed E-state index contributed by atoms with van der Waals surface area (Å²) in [7, 11) is 0. The molecule has 1 aromatic carbocycles. The molecule has 1 fully saturated rings. The van der Waals surface area contributed by atoms with E-state index in [1.54, 1.807) is 0 Å². The second-order valence-electron chi connectivity index (χ2n) is 3.68. The highest BCUT2D eigenvalue weighted by Gasteiger charge is 2.12. The van der Waals surface area contributed by atoms with E-state index < -0.39 is 11.6 Å². The second kappa shape index (κ2) is 3.95. The fourth-order valence-corrected chi connectivity index (χ4v) is 1.87. The summed E-state index contributed by atoms with van der Waals surface area (Å²) in [5.74, 6) is -0.990. The summed E-state index contributed by atoms with van der Waals surface area (Å²) >= 11 is 0. The molecule has 1 saturated heterocycles. The topological polar surface area (TPSA) is 3.24 Å². The van der Waals surface area contributed by atoms with Crippen molar-refractivity contribution in [3.8, 4) is 0 Å². The van der Waals surface area contributed by atoms with Gasteiger partial charge in [0.15, 0.2) is 0 Å². The molecule has 1 aliphatic rings. The molecule has 0 bridgehead atoms. The number of nitrogens with zero attached hydrogens (tertiary/aromatic N) is 1. The molecule has 0 N–H and O–H groups in total. The molecule has 0 atom stereocenters. The van der Waals surface area contributed by atoms with Crippen molar-refractivity contribution < 1.29 is 8.78 Å². The number of hydrogen-bond acceptors (Lipinski definition) is 1. The van der Waals surface area contributed by atoms with Crippen LogP contribution in [0.4, 0.5) is 14.5 Å². The van der Waals surface area contributed by atoms with E-state index in [0.29, 0.717) is 5.69 Å². The van der Waals surface area contributed by atoms with E-state index in [0.717, 1.165) is 32.0 Å². The first-order chi connectivity index (χ1) is 6.75. The maximum Gasteiger partial charge on any atom is 0.128 e. The SMILES string of the molecule is Fc1cc(F)cc(N2CCCCC2)c1. The van der Waals surface area contributed by atoms with Crippen LogP contribution in [-0.4, -0.2) is 13.1 Å². The van der Waals surface area contributed by atoms with Gasteiger partial charge in [-0.2, -0.15) is 0 Å². The Labute approximate surface area is 82.3 Å². The zero-order valence-corrected chi connectivity index (χ0v) is 7.97. The Balaban J connectivity index is 2.21. The van der Waals surface area contributed by atoms with Gasteiger partial charge in [0, 0.05) is 24.8 Å². The predicted octanol–water partition coefficient (Wildman–Crippen LogP) is 2.96. The number of halogens is 2. The van der Waals surface area contributed by atoms with Crippen molar-refractivity contribution in [3.63, 3.8) is 0 Å². The van der Waals surface area contributed by atoms with E-state index in [1.807, 2.05) is 4.90 Å². The Hall–Kier alpha value is -1.12. The summed E-state index contributed by atoms with van der Waals surface area (Å²) in [6.07, 6.45) is 3.44. The summed E-state index contributed by atoms with van der Waals surface area (Å²) in [6.45, 7) is 1.81. The third-order valence-corrected chi connectivity index (χ3v) is 2.57. The number of rotatable bonds is 1. The van der Waals surface area contributed by atoms with Crippen LogP contribution in [0, 0.1) is 11.6 Å². The Morgan fingerprint density at radius 3 is 2.00 bits per heavy atom. The van der Waals surface area contributed by atoms with E-state index in [1.165, 1.54) is 18.6 Å². The van der Waals surface area contributed by atoms with Gasteiger partial charge in [0.25, 0.3) is 0 Å². The van der Waals surface area contributed by atoms with E-state index in [4.69, 9.17) is 0 Å².